The highest BCUT2D eigenvalue weighted by Gasteiger charge is 2.25. The Kier molecular flexibility index (Phi) is 3.27. The number of nitrogens with two attached hydrogens (primary N) is 1. The summed E-state index contributed by atoms with van der Waals surface area (Å²) in [6.07, 6.45) is 3.85. The standard InChI is InChI=1S/C13H13N3O3S/c14-9-5-8(3-4-15-9)12-16-11(10(20-12)13(17)18)19-6-7-1-2-7/h3-5,7H,1-2,6H2,(H2,14,15)(H,17,18). The van der Waals surface area contributed by atoms with Gasteiger partial charge in [0.2, 0.25) is 5.88 Å². The van der Waals surface area contributed by atoms with Crippen molar-refractivity contribution in [3.8, 4) is 16.5 Å². The number of carboxylic acids is 1. The van der Waals surface area contributed by atoms with E-state index in [1.165, 1.54) is 0 Å². The first kappa shape index (κ1) is 12.9. The SMILES string of the molecule is Nc1cc(-c2nc(OCC3CC3)c(C(=O)O)s2)ccn1. The molecule has 6 nitrogen and oxygen atoms in total. The van der Waals surface area contributed by atoms with Crippen LogP contribution < -0.4 is 10.5 Å². The van der Waals surface area contributed by atoms with Gasteiger partial charge in [-0.2, -0.15) is 0 Å². The molecule has 0 unspecified atom stereocenters. The van der Waals surface area contributed by atoms with E-state index in [4.69, 9.17) is 10.5 Å². The van der Waals surface area contributed by atoms with E-state index in [1.54, 1.807) is 18.3 Å². The summed E-state index contributed by atoms with van der Waals surface area (Å²) < 4.78 is 5.53. The lowest BCUT2D eigenvalue weighted by Crippen LogP contribution is -2.03. The number of hydrogen-bond acceptors (Lipinski definition) is 6. The molecule has 1 saturated carbocycles. The molecule has 0 radical (unpaired) electrons. The molecule has 1 aliphatic carbocycles. The van der Waals surface area contributed by atoms with Crippen LogP contribution in [0.4, 0.5) is 5.82 Å². The molecule has 2 aromatic rings. The zero-order chi connectivity index (χ0) is 14.1. The Balaban J connectivity index is 1.91. The van der Waals surface area contributed by atoms with Crippen LogP contribution >= 0.6 is 11.3 Å². The quantitative estimate of drug-likeness (QED) is 0.876. The van der Waals surface area contributed by atoms with E-state index in [1.807, 2.05) is 0 Å². The zero-order valence-electron chi connectivity index (χ0n) is 10.6. The Morgan fingerprint density at radius 1 is 1.55 bits per heavy atom. The van der Waals surface area contributed by atoms with Crippen LogP contribution in [-0.4, -0.2) is 27.7 Å². The molecule has 3 N–H and O–H groups in total. The van der Waals surface area contributed by atoms with E-state index >= 15 is 0 Å². The second-order valence-electron chi connectivity index (χ2n) is 4.68. The average molecular weight is 291 g/mol. The van der Waals surface area contributed by atoms with Crippen molar-refractivity contribution in [2.45, 2.75) is 12.8 Å². The molecule has 3 rings (SSSR count). The summed E-state index contributed by atoms with van der Waals surface area (Å²) in [4.78, 5) is 19.5. The van der Waals surface area contributed by atoms with Gasteiger partial charge in [0.1, 0.15) is 10.8 Å². The number of aromatic nitrogens is 2. The maximum Gasteiger partial charge on any atom is 0.351 e. The lowest BCUT2D eigenvalue weighted by Gasteiger charge is -2.01. The van der Waals surface area contributed by atoms with Gasteiger partial charge in [-0.1, -0.05) is 0 Å². The minimum Gasteiger partial charge on any atom is -0.477 e. The van der Waals surface area contributed by atoms with E-state index in [2.05, 4.69) is 9.97 Å². The molecule has 1 aliphatic rings. The number of thiazole rings is 1. The van der Waals surface area contributed by atoms with Crippen LogP contribution in [-0.2, 0) is 0 Å². The monoisotopic (exact) mass is 291 g/mol. The van der Waals surface area contributed by atoms with Gasteiger partial charge >= 0.3 is 5.97 Å². The number of ether oxygens (including phenoxy) is 1. The van der Waals surface area contributed by atoms with E-state index < -0.39 is 5.97 Å². The van der Waals surface area contributed by atoms with Crippen molar-refractivity contribution in [3.63, 3.8) is 0 Å². The number of anilines is 1. The third-order valence-corrected chi connectivity index (χ3v) is 4.04. The maximum absolute atomic E-state index is 11.2. The summed E-state index contributed by atoms with van der Waals surface area (Å²) in [7, 11) is 0. The third-order valence-electron chi connectivity index (χ3n) is 2.97. The molecule has 104 valence electrons. The number of pyridine rings is 1. The molecule has 0 aromatic carbocycles. The van der Waals surface area contributed by atoms with Crippen molar-refractivity contribution in [3.05, 3.63) is 23.2 Å². The largest absolute Gasteiger partial charge is 0.477 e. The molecule has 0 aliphatic heterocycles. The number of aromatic carboxylic acids is 1. The number of carbonyl (C=O) groups is 1. The molecule has 0 saturated heterocycles. The van der Waals surface area contributed by atoms with Crippen molar-refractivity contribution in [1.82, 2.24) is 9.97 Å². The van der Waals surface area contributed by atoms with Crippen LogP contribution in [0.15, 0.2) is 18.3 Å². The minimum absolute atomic E-state index is 0.121. The number of carboxylic acid groups (broad SMARTS) is 1. The molecule has 20 heavy (non-hydrogen) atoms. The molecule has 0 spiro atoms. The highest BCUT2D eigenvalue weighted by molar-refractivity contribution is 7.17. The van der Waals surface area contributed by atoms with Crippen molar-refractivity contribution in [2.75, 3.05) is 12.3 Å². The first-order chi connectivity index (χ1) is 9.63. The fourth-order valence-corrected chi connectivity index (χ4v) is 2.57. The summed E-state index contributed by atoms with van der Waals surface area (Å²) in [5, 5.41) is 9.79. The molecule has 2 heterocycles. The highest BCUT2D eigenvalue weighted by atomic mass is 32.1. The Bertz CT molecular complexity index is 652. The summed E-state index contributed by atoms with van der Waals surface area (Å²) in [5.74, 6) is 0.0785. The topological polar surface area (TPSA) is 98.3 Å². The van der Waals surface area contributed by atoms with Gasteiger partial charge in [-0.05, 0) is 30.9 Å². The number of nitrogen functional groups attached to an aromatic ring is 1. The molecule has 7 heteroatoms. The smallest absolute Gasteiger partial charge is 0.351 e. The maximum atomic E-state index is 11.2. The van der Waals surface area contributed by atoms with Crippen molar-refractivity contribution in [2.24, 2.45) is 5.92 Å². The van der Waals surface area contributed by atoms with Crippen molar-refractivity contribution in [1.29, 1.82) is 0 Å². The molecular formula is C13H13N3O3S. The molecular weight excluding hydrogens is 278 g/mol. The van der Waals surface area contributed by atoms with Crippen LogP contribution in [0.2, 0.25) is 0 Å². The molecule has 0 amide bonds. The van der Waals surface area contributed by atoms with Gasteiger partial charge in [0, 0.05) is 11.8 Å². The Morgan fingerprint density at radius 2 is 2.35 bits per heavy atom. The summed E-state index contributed by atoms with van der Waals surface area (Å²) in [5.41, 5.74) is 6.37. The van der Waals surface area contributed by atoms with Gasteiger partial charge in [0.25, 0.3) is 0 Å². The fourth-order valence-electron chi connectivity index (χ4n) is 1.73. The van der Waals surface area contributed by atoms with Crippen LogP contribution in [0.1, 0.15) is 22.5 Å². The van der Waals surface area contributed by atoms with Gasteiger partial charge in [0.05, 0.1) is 6.61 Å². The van der Waals surface area contributed by atoms with Gasteiger partial charge in [-0.25, -0.2) is 14.8 Å². The summed E-state index contributed by atoms with van der Waals surface area (Å²) >= 11 is 1.08. The summed E-state index contributed by atoms with van der Waals surface area (Å²) in [6, 6.07) is 3.40. The predicted molar refractivity (Wildman–Crippen MR) is 74.9 cm³/mol. The van der Waals surface area contributed by atoms with Gasteiger partial charge < -0.3 is 15.6 Å². The van der Waals surface area contributed by atoms with Gasteiger partial charge in [0.15, 0.2) is 4.88 Å². The van der Waals surface area contributed by atoms with E-state index in [9.17, 15) is 9.90 Å². The van der Waals surface area contributed by atoms with Crippen molar-refractivity contribution < 1.29 is 14.6 Å². The first-order valence-corrected chi connectivity index (χ1v) is 7.04. The average Bonchev–Trinajstić information content (AvgIpc) is 3.14. The van der Waals surface area contributed by atoms with Crippen LogP contribution in [0.25, 0.3) is 10.6 Å². The Labute approximate surface area is 119 Å². The lowest BCUT2D eigenvalue weighted by molar-refractivity contribution is 0.0697. The molecule has 0 bridgehead atoms. The number of hydrogen-bond donors (Lipinski definition) is 2. The van der Waals surface area contributed by atoms with E-state index in [0.717, 1.165) is 29.7 Å². The highest BCUT2D eigenvalue weighted by Crippen LogP contribution is 2.35. The second kappa shape index (κ2) is 5.09. The lowest BCUT2D eigenvalue weighted by atomic mass is 10.3. The van der Waals surface area contributed by atoms with Crippen LogP contribution in [0.3, 0.4) is 0 Å². The first-order valence-electron chi connectivity index (χ1n) is 6.22. The van der Waals surface area contributed by atoms with E-state index in [-0.39, 0.29) is 10.8 Å². The van der Waals surface area contributed by atoms with Crippen molar-refractivity contribution >= 4 is 23.1 Å². The number of rotatable bonds is 5. The summed E-state index contributed by atoms with van der Waals surface area (Å²) in [6.45, 7) is 0.530. The number of nitrogens with zero attached hydrogens (tertiary/aromatic N) is 2. The van der Waals surface area contributed by atoms with Crippen LogP contribution in [0.5, 0.6) is 5.88 Å². The second-order valence-corrected chi connectivity index (χ2v) is 5.68. The Morgan fingerprint density at radius 3 is 3.00 bits per heavy atom. The fraction of sp³-hybridized carbons (Fsp3) is 0.308. The molecule has 0 atom stereocenters. The third kappa shape index (κ3) is 2.72. The molecule has 2 aromatic heterocycles. The minimum atomic E-state index is -1.03. The normalized spacial score (nSPS) is 14.2. The Hall–Kier alpha value is -2.15. The van der Waals surface area contributed by atoms with Gasteiger partial charge in [-0.15, -0.1) is 11.3 Å². The van der Waals surface area contributed by atoms with Gasteiger partial charge in [-0.3, -0.25) is 0 Å². The van der Waals surface area contributed by atoms with E-state index in [0.29, 0.717) is 23.4 Å². The molecule has 1 fully saturated rings. The predicted octanol–water partition coefficient (Wildman–Crippen LogP) is 2.27. The zero-order valence-corrected chi connectivity index (χ0v) is 11.4. The van der Waals surface area contributed by atoms with Crippen LogP contribution in [0, 0.1) is 5.92 Å².